The molecule has 0 aromatic carbocycles. The molecule has 2 aromatic rings. The molecule has 6 nitrogen and oxygen atoms in total. The third-order valence-corrected chi connectivity index (χ3v) is 5.39. The summed E-state index contributed by atoms with van der Waals surface area (Å²) in [5.41, 5.74) is 0.719. The largest absolute Gasteiger partial charge is 0.369 e. The van der Waals surface area contributed by atoms with Crippen LogP contribution in [0, 0.1) is 5.92 Å². The summed E-state index contributed by atoms with van der Waals surface area (Å²) in [6, 6.07) is 5.40. The number of aromatic nitrogens is 2. The smallest absolute Gasteiger partial charge is 0.267 e. The number of nitrogens with zero attached hydrogens (tertiary/aromatic N) is 3. The third kappa shape index (κ3) is 4.06. The monoisotopic (exact) mass is 402 g/mol. The molecule has 0 unspecified atom stereocenters. The fourth-order valence-electron chi connectivity index (χ4n) is 2.76. The van der Waals surface area contributed by atoms with Gasteiger partial charge in [-0.05, 0) is 30.5 Å². The van der Waals surface area contributed by atoms with Gasteiger partial charge in [-0.1, -0.05) is 50.8 Å². The number of pyridine rings is 1. The average molecular weight is 403 g/mol. The van der Waals surface area contributed by atoms with Gasteiger partial charge >= 0.3 is 0 Å². The van der Waals surface area contributed by atoms with Crippen LogP contribution >= 0.6 is 24.0 Å². The second kappa shape index (κ2) is 8.22. The van der Waals surface area contributed by atoms with E-state index in [-0.39, 0.29) is 11.5 Å². The van der Waals surface area contributed by atoms with Gasteiger partial charge in [0.2, 0.25) is 0 Å². The van der Waals surface area contributed by atoms with Gasteiger partial charge in [0, 0.05) is 19.3 Å². The topological polar surface area (TPSA) is 66.7 Å². The van der Waals surface area contributed by atoms with Crippen LogP contribution in [0.5, 0.6) is 0 Å². The Hall–Kier alpha value is -2.19. The zero-order valence-electron chi connectivity index (χ0n) is 15.6. The van der Waals surface area contributed by atoms with Crippen LogP contribution in [0.3, 0.4) is 0 Å². The van der Waals surface area contributed by atoms with E-state index in [1.54, 1.807) is 29.3 Å². The van der Waals surface area contributed by atoms with Crippen LogP contribution in [-0.4, -0.2) is 37.6 Å². The summed E-state index contributed by atoms with van der Waals surface area (Å²) in [6.07, 6.45) is 4.19. The number of thiocarbonyl (C=S) groups is 1. The molecule has 0 spiro atoms. The molecule has 1 fully saturated rings. The highest BCUT2D eigenvalue weighted by atomic mass is 32.2. The minimum Gasteiger partial charge on any atom is -0.369 e. The molecule has 2 aromatic heterocycles. The van der Waals surface area contributed by atoms with E-state index in [9.17, 15) is 9.59 Å². The van der Waals surface area contributed by atoms with Crippen LogP contribution < -0.4 is 10.9 Å². The molecular formula is C19H22N4O2S2. The highest BCUT2D eigenvalue weighted by Crippen LogP contribution is 2.33. The van der Waals surface area contributed by atoms with Crippen LogP contribution in [0.25, 0.3) is 11.7 Å². The molecule has 27 heavy (non-hydrogen) atoms. The molecule has 0 aliphatic carbocycles. The standard InChI is InChI=1S/C19H22N4O2S2/c1-4-8-20-16-13(17(24)22-9-6-5-7-15(22)21-16)10-14-18(25)23(11-12(2)3)19(26)27-14/h5-7,9-10,12,20H,4,8,11H2,1-3H3/b14-10+. The van der Waals surface area contributed by atoms with Crippen molar-refractivity contribution in [1.29, 1.82) is 0 Å². The second-order valence-corrected chi connectivity index (χ2v) is 8.40. The second-order valence-electron chi connectivity index (χ2n) is 6.72. The fourth-order valence-corrected chi connectivity index (χ4v) is 4.02. The van der Waals surface area contributed by atoms with Crippen LogP contribution in [0.15, 0.2) is 34.1 Å². The van der Waals surface area contributed by atoms with Crippen molar-refractivity contribution in [3.05, 3.63) is 45.2 Å². The number of nitrogens with one attached hydrogen (secondary N) is 1. The van der Waals surface area contributed by atoms with Gasteiger partial charge in [0.15, 0.2) is 0 Å². The van der Waals surface area contributed by atoms with E-state index in [1.807, 2.05) is 26.8 Å². The van der Waals surface area contributed by atoms with Crippen molar-refractivity contribution in [2.24, 2.45) is 5.92 Å². The first kappa shape index (κ1) is 19.6. The lowest BCUT2D eigenvalue weighted by atomic mass is 10.2. The number of thioether (sulfide) groups is 1. The summed E-state index contributed by atoms with van der Waals surface area (Å²) in [7, 11) is 0. The fraction of sp³-hybridized carbons (Fsp3) is 0.368. The van der Waals surface area contributed by atoms with Crippen LogP contribution in [-0.2, 0) is 4.79 Å². The Labute approximate surface area is 167 Å². The maximum atomic E-state index is 13.0. The maximum Gasteiger partial charge on any atom is 0.267 e. The minimum atomic E-state index is -0.215. The number of hydrogen-bond acceptors (Lipinski definition) is 6. The molecule has 1 saturated heterocycles. The molecule has 142 valence electrons. The number of carbonyl (C=O) groups excluding carboxylic acids is 1. The van der Waals surface area contributed by atoms with E-state index in [4.69, 9.17) is 12.2 Å². The van der Waals surface area contributed by atoms with Crippen molar-refractivity contribution < 1.29 is 4.79 Å². The van der Waals surface area contributed by atoms with Gasteiger partial charge in [-0.2, -0.15) is 0 Å². The van der Waals surface area contributed by atoms with Crippen molar-refractivity contribution in [1.82, 2.24) is 14.3 Å². The molecule has 0 radical (unpaired) electrons. The van der Waals surface area contributed by atoms with E-state index in [2.05, 4.69) is 10.3 Å². The highest BCUT2D eigenvalue weighted by molar-refractivity contribution is 8.26. The Morgan fingerprint density at radius 3 is 2.81 bits per heavy atom. The number of anilines is 1. The Morgan fingerprint density at radius 2 is 2.11 bits per heavy atom. The molecule has 8 heteroatoms. The lowest BCUT2D eigenvalue weighted by Crippen LogP contribution is -2.31. The lowest BCUT2D eigenvalue weighted by molar-refractivity contribution is -0.122. The van der Waals surface area contributed by atoms with Gasteiger partial charge in [-0.3, -0.25) is 18.9 Å². The van der Waals surface area contributed by atoms with E-state index < -0.39 is 0 Å². The predicted octanol–water partition coefficient (Wildman–Crippen LogP) is 3.37. The molecule has 1 amide bonds. The van der Waals surface area contributed by atoms with Crippen LogP contribution in [0.1, 0.15) is 32.8 Å². The van der Waals surface area contributed by atoms with Crippen LogP contribution in [0.4, 0.5) is 5.82 Å². The van der Waals surface area contributed by atoms with Crippen molar-refractivity contribution in [2.45, 2.75) is 27.2 Å². The van der Waals surface area contributed by atoms with Gasteiger partial charge in [0.1, 0.15) is 15.8 Å². The summed E-state index contributed by atoms with van der Waals surface area (Å²) < 4.78 is 2.01. The summed E-state index contributed by atoms with van der Waals surface area (Å²) >= 11 is 6.59. The Morgan fingerprint density at radius 1 is 1.33 bits per heavy atom. The summed E-state index contributed by atoms with van der Waals surface area (Å²) in [6.45, 7) is 7.36. The first-order valence-electron chi connectivity index (χ1n) is 8.93. The Bertz CT molecular complexity index is 981. The van der Waals surface area contributed by atoms with Crippen molar-refractivity contribution in [3.8, 4) is 0 Å². The van der Waals surface area contributed by atoms with E-state index >= 15 is 0 Å². The van der Waals surface area contributed by atoms with Gasteiger partial charge in [-0.15, -0.1) is 0 Å². The summed E-state index contributed by atoms with van der Waals surface area (Å²) in [5, 5.41) is 3.20. The maximum absolute atomic E-state index is 13.0. The number of carbonyl (C=O) groups is 1. The zero-order chi connectivity index (χ0) is 19.6. The minimum absolute atomic E-state index is 0.155. The Balaban J connectivity index is 2.09. The number of amides is 1. The molecular weight excluding hydrogens is 380 g/mol. The SMILES string of the molecule is CCCNc1nc2ccccn2c(=O)c1/C=C1/SC(=S)N(CC(C)C)C1=O. The van der Waals surface area contributed by atoms with Gasteiger partial charge in [-0.25, -0.2) is 4.98 Å². The van der Waals surface area contributed by atoms with Gasteiger partial charge in [0.25, 0.3) is 11.5 Å². The van der Waals surface area contributed by atoms with Crippen molar-refractivity contribution in [2.75, 3.05) is 18.4 Å². The molecule has 3 rings (SSSR count). The van der Waals surface area contributed by atoms with E-state index in [0.717, 1.165) is 6.42 Å². The van der Waals surface area contributed by atoms with Gasteiger partial charge < -0.3 is 5.32 Å². The highest BCUT2D eigenvalue weighted by Gasteiger charge is 2.32. The third-order valence-electron chi connectivity index (χ3n) is 4.01. The molecule has 1 aliphatic heterocycles. The first-order chi connectivity index (χ1) is 12.9. The Kier molecular flexibility index (Phi) is 5.96. The average Bonchev–Trinajstić information content (AvgIpc) is 2.89. The van der Waals surface area contributed by atoms with E-state index in [0.29, 0.717) is 45.3 Å². The molecule has 1 N–H and O–H groups in total. The quantitative estimate of drug-likeness (QED) is 0.590. The van der Waals surface area contributed by atoms with Crippen molar-refractivity contribution in [3.63, 3.8) is 0 Å². The predicted molar refractivity (Wildman–Crippen MR) is 115 cm³/mol. The number of fused-ring (bicyclic) bond motifs is 1. The summed E-state index contributed by atoms with van der Waals surface area (Å²) in [4.78, 5) is 32.4. The molecule has 0 atom stereocenters. The molecule has 1 aliphatic rings. The summed E-state index contributed by atoms with van der Waals surface area (Å²) in [5.74, 6) is 0.640. The molecule has 0 saturated carbocycles. The van der Waals surface area contributed by atoms with Crippen molar-refractivity contribution >= 4 is 51.7 Å². The first-order valence-corrected chi connectivity index (χ1v) is 10.2. The number of hydrogen-bond donors (Lipinski definition) is 1. The number of rotatable bonds is 6. The van der Waals surface area contributed by atoms with E-state index in [1.165, 1.54) is 16.2 Å². The normalized spacial score (nSPS) is 16.1. The zero-order valence-corrected chi connectivity index (χ0v) is 17.2. The van der Waals surface area contributed by atoms with Crippen LogP contribution in [0.2, 0.25) is 0 Å². The molecule has 3 heterocycles. The lowest BCUT2D eigenvalue weighted by Gasteiger charge is -2.16. The molecule has 0 bridgehead atoms. The van der Waals surface area contributed by atoms with Gasteiger partial charge in [0.05, 0.1) is 10.5 Å².